The minimum Gasteiger partial charge on any atom is -0.479 e. The quantitative estimate of drug-likeness (QED) is 0.371. The number of nitrogens with one attached hydrogen (secondary N) is 1. The van der Waals surface area contributed by atoms with Gasteiger partial charge in [0.25, 0.3) is 0 Å². The zero-order chi connectivity index (χ0) is 30.3. The minimum absolute atomic E-state index is 0.00370. The van der Waals surface area contributed by atoms with Crippen molar-refractivity contribution in [3.05, 3.63) is 47.5 Å². The summed E-state index contributed by atoms with van der Waals surface area (Å²) in [6.45, 7) is 3.73. The number of aliphatic hydroxyl groups is 1. The SMILES string of the molecule is C[C@]12CCC(=O)C=C1CC[C@H]1[C@@H]2CC[C@]2(C)[C@H]1CC[C@]2(O)C(=O)COC(=O)CCC(=O)N[C@H](C(=O)O)c1ccccc1. The fourth-order valence-corrected chi connectivity index (χ4v) is 8.75. The highest BCUT2D eigenvalue weighted by Crippen LogP contribution is 2.67. The number of carbonyl (C=O) groups excluding carboxylic acids is 4. The number of carbonyl (C=O) groups is 5. The van der Waals surface area contributed by atoms with Gasteiger partial charge in [-0.25, -0.2) is 4.79 Å². The third kappa shape index (κ3) is 5.21. The van der Waals surface area contributed by atoms with Gasteiger partial charge in [-0.3, -0.25) is 19.2 Å². The lowest BCUT2D eigenvalue weighted by Gasteiger charge is -2.58. The number of ether oxygens (including phenoxy) is 1. The molecule has 5 rings (SSSR count). The van der Waals surface area contributed by atoms with Crippen LogP contribution in [-0.2, 0) is 28.7 Å². The summed E-state index contributed by atoms with van der Waals surface area (Å²) in [5, 5.41) is 23.7. The van der Waals surface area contributed by atoms with E-state index < -0.39 is 47.3 Å². The Bertz CT molecular complexity index is 1310. The number of amides is 1. The van der Waals surface area contributed by atoms with Gasteiger partial charge in [-0.1, -0.05) is 49.8 Å². The van der Waals surface area contributed by atoms with Crippen molar-refractivity contribution >= 4 is 29.4 Å². The Morgan fingerprint density at radius 2 is 1.69 bits per heavy atom. The lowest BCUT2D eigenvalue weighted by atomic mass is 9.46. The number of allylic oxidation sites excluding steroid dienone is 1. The first kappa shape index (κ1) is 30.1. The maximum Gasteiger partial charge on any atom is 0.330 e. The molecular formula is C33H41NO8. The minimum atomic E-state index is -1.59. The Labute approximate surface area is 246 Å². The van der Waals surface area contributed by atoms with Gasteiger partial charge < -0.3 is 20.3 Å². The number of fused-ring (bicyclic) bond motifs is 5. The molecule has 0 unspecified atom stereocenters. The van der Waals surface area contributed by atoms with Crippen molar-refractivity contribution < 1.29 is 38.9 Å². The highest BCUT2D eigenvalue weighted by Gasteiger charge is 2.66. The maximum absolute atomic E-state index is 13.4. The molecule has 42 heavy (non-hydrogen) atoms. The zero-order valence-corrected chi connectivity index (χ0v) is 24.4. The molecule has 7 atom stereocenters. The van der Waals surface area contributed by atoms with Crippen LogP contribution in [0, 0.1) is 28.6 Å². The number of benzene rings is 1. The molecule has 9 nitrogen and oxygen atoms in total. The van der Waals surface area contributed by atoms with E-state index >= 15 is 0 Å². The molecule has 0 bridgehead atoms. The van der Waals surface area contributed by atoms with E-state index in [1.54, 1.807) is 30.3 Å². The second-order valence-electron chi connectivity index (χ2n) is 13.2. The van der Waals surface area contributed by atoms with Crippen LogP contribution >= 0.6 is 0 Å². The smallest absolute Gasteiger partial charge is 0.330 e. The summed E-state index contributed by atoms with van der Waals surface area (Å²) in [5.74, 6) is -1.94. The van der Waals surface area contributed by atoms with Crippen LogP contribution in [0.4, 0.5) is 0 Å². The number of ketones is 2. The maximum atomic E-state index is 13.4. The molecule has 3 N–H and O–H groups in total. The Morgan fingerprint density at radius 3 is 2.40 bits per heavy atom. The number of carboxylic acid groups (broad SMARTS) is 1. The van der Waals surface area contributed by atoms with Crippen molar-refractivity contribution in [3.63, 3.8) is 0 Å². The van der Waals surface area contributed by atoms with Gasteiger partial charge >= 0.3 is 11.9 Å². The van der Waals surface area contributed by atoms with Gasteiger partial charge in [-0.2, -0.15) is 0 Å². The highest BCUT2D eigenvalue weighted by atomic mass is 16.5. The lowest BCUT2D eigenvalue weighted by Crippen LogP contribution is -2.58. The van der Waals surface area contributed by atoms with Gasteiger partial charge in [0.2, 0.25) is 11.7 Å². The molecule has 3 fully saturated rings. The third-order valence-electron chi connectivity index (χ3n) is 11.2. The van der Waals surface area contributed by atoms with E-state index in [1.807, 2.05) is 13.0 Å². The summed E-state index contributed by atoms with van der Waals surface area (Å²) < 4.78 is 5.21. The summed E-state index contributed by atoms with van der Waals surface area (Å²) in [7, 11) is 0. The van der Waals surface area contributed by atoms with Crippen molar-refractivity contribution in [1.29, 1.82) is 0 Å². The Balaban J connectivity index is 1.16. The number of hydrogen-bond donors (Lipinski definition) is 3. The molecule has 9 heteroatoms. The Kier molecular flexibility index (Phi) is 8.18. The van der Waals surface area contributed by atoms with Crippen LogP contribution < -0.4 is 5.32 Å². The van der Waals surface area contributed by atoms with Gasteiger partial charge in [0.1, 0.15) is 5.60 Å². The molecule has 0 spiro atoms. The summed E-state index contributed by atoms with van der Waals surface area (Å²) in [6, 6.07) is 7.00. The van der Waals surface area contributed by atoms with Gasteiger partial charge in [-0.05, 0) is 79.8 Å². The summed E-state index contributed by atoms with van der Waals surface area (Å²) >= 11 is 0. The van der Waals surface area contributed by atoms with Crippen LogP contribution in [0.1, 0.15) is 89.7 Å². The van der Waals surface area contributed by atoms with Crippen molar-refractivity contribution in [3.8, 4) is 0 Å². The molecule has 4 aliphatic carbocycles. The number of esters is 1. The zero-order valence-electron chi connectivity index (χ0n) is 24.4. The van der Waals surface area contributed by atoms with Crippen LogP contribution in [0.25, 0.3) is 0 Å². The summed E-state index contributed by atoms with van der Waals surface area (Å²) in [5.41, 5.74) is -0.541. The molecule has 0 aromatic heterocycles. The first-order chi connectivity index (χ1) is 19.9. The topological polar surface area (TPSA) is 147 Å². The molecule has 0 saturated heterocycles. The molecule has 3 saturated carbocycles. The largest absolute Gasteiger partial charge is 0.479 e. The monoisotopic (exact) mass is 579 g/mol. The van der Waals surface area contributed by atoms with Crippen LogP contribution in [0.15, 0.2) is 42.0 Å². The fraction of sp³-hybridized carbons (Fsp3) is 0.606. The van der Waals surface area contributed by atoms with Gasteiger partial charge in [-0.15, -0.1) is 0 Å². The van der Waals surface area contributed by atoms with E-state index in [1.165, 1.54) is 5.57 Å². The molecule has 4 aliphatic rings. The Hall–Kier alpha value is -3.33. The first-order valence-electron chi connectivity index (χ1n) is 15.1. The van der Waals surface area contributed by atoms with Crippen LogP contribution in [0.3, 0.4) is 0 Å². The molecule has 0 aliphatic heterocycles. The van der Waals surface area contributed by atoms with Crippen LogP contribution in [0.5, 0.6) is 0 Å². The predicted octanol–water partition coefficient (Wildman–Crippen LogP) is 4.08. The number of hydrogen-bond acceptors (Lipinski definition) is 7. The lowest BCUT2D eigenvalue weighted by molar-refractivity contribution is -0.170. The number of carboxylic acids is 1. The molecule has 0 radical (unpaired) electrons. The molecule has 1 amide bonds. The summed E-state index contributed by atoms with van der Waals surface area (Å²) in [4.78, 5) is 61.9. The molecular weight excluding hydrogens is 538 g/mol. The van der Waals surface area contributed by atoms with E-state index in [-0.39, 0.29) is 30.0 Å². The summed E-state index contributed by atoms with van der Waals surface area (Å²) in [6.07, 6.45) is 7.15. The number of Topliss-reactive ketones (excluding diaryl/α,β-unsaturated/α-hetero) is 1. The average molecular weight is 580 g/mol. The van der Waals surface area contributed by atoms with Crippen LogP contribution in [-0.4, -0.2) is 51.8 Å². The third-order valence-corrected chi connectivity index (χ3v) is 11.2. The van der Waals surface area contributed by atoms with E-state index in [4.69, 9.17) is 4.74 Å². The predicted molar refractivity (Wildman–Crippen MR) is 152 cm³/mol. The fourth-order valence-electron chi connectivity index (χ4n) is 8.75. The van der Waals surface area contributed by atoms with E-state index in [9.17, 15) is 34.2 Å². The molecule has 226 valence electrons. The normalized spacial score (nSPS) is 34.2. The second kappa shape index (κ2) is 11.4. The van der Waals surface area contributed by atoms with Gasteiger partial charge in [0.05, 0.1) is 6.42 Å². The number of aliphatic carboxylic acids is 1. The van der Waals surface area contributed by atoms with Crippen molar-refractivity contribution in [2.24, 2.45) is 28.6 Å². The first-order valence-corrected chi connectivity index (χ1v) is 15.1. The second-order valence-corrected chi connectivity index (χ2v) is 13.2. The van der Waals surface area contributed by atoms with Gasteiger partial charge in [0, 0.05) is 18.3 Å². The van der Waals surface area contributed by atoms with Gasteiger partial charge in [0.15, 0.2) is 18.4 Å². The van der Waals surface area contributed by atoms with E-state index in [0.29, 0.717) is 36.7 Å². The standard InChI is InChI=1S/C33H41NO8/c1-31-15-12-22(35)18-21(31)8-9-23-24(31)13-16-32(2)25(23)14-17-33(32,41)26(36)19-42-28(38)11-10-27(37)34-29(30(39)40)20-6-4-3-5-7-20/h3-7,18,23-25,29,41H,8-17,19H2,1-2H3,(H,34,37)(H,39,40)/t23-,24-,25-,29-,31-,32+,33-/m0/s1. The van der Waals surface area contributed by atoms with Crippen molar-refractivity contribution in [2.75, 3.05) is 6.61 Å². The molecule has 1 aromatic rings. The molecule has 1 aromatic carbocycles. The molecule has 0 heterocycles. The van der Waals surface area contributed by atoms with Crippen LogP contribution in [0.2, 0.25) is 0 Å². The number of rotatable bonds is 9. The van der Waals surface area contributed by atoms with Crippen molar-refractivity contribution in [2.45, 2.75) is 89.7 Å². The van der Waals surface area contributed by atoms with E-state index in [2.05, 4.69) is 12.2 Å². The highest BCUT2D eigenvalue weighted by molar-refractivity contribution is 5.92. The van der Waals surface area contributed by atoms with E-state index in [0.717, 1.165) is 32.1 Å². The average Bonchev–Trinajstić information content (AvgIpc) is 3.25. The Morgan fingerprint density at radius 1 is 0.976 bits per heavy atom. The van der Waals surface area contributed by atoms with Crippen molar-refractivity contribution in [1.82, 2.24) is 5.32 Å².